The Labute approximate surface area is 273 Å². The maximum absolute atomic E-state index is 14.9. The molecule has 0 radical (unpaired) electrons. The molecule has 2 atom stereocenters. The third kappa shape index (κ3) is 8.13. The zero-order valence-corrected chi connectivity index (χ0v) is 27.6. The number of halogens is 1. The Morgan fingerprint density at radius 3 is 2.38 bits per heavy atom. The van der Waals surface area contributed by atoms with Crippen LogP contribution in [0.15, 0.2) is 53.6 Å². The molecular formula is C34H42FN5O7. The molecule has 0 aromatic heterocycles. The van der Waals surface area contributed by atoms with Gasteiger partial charge in [0, 0.05) is 26.6 Å². The van der Waals surface area contributed by atoms with E-state index in [1.54, 1.807) is 27.8 Å². The van der Waals surface area contributed by atoms with Gasteiger partial charge in [-0.1, -0.05) is 36.4 Å². The molecule has 4 amide bonds. The van der Waals surface area contributed by atoms with E-state index in [1.807, 2.05) is 30.3 Å². The Kier molecular flexibility index (Phi) is 10.1. The molecule has 2 unspecified atom stereocenters. The molecule has 0 saturated carbocycles. The quantitative estimate of drug-likeness (QED) is 0.355. The highest BCUT2D eigenvalue weighted by atomic mass is 19.1. The van der Waals surface area contributed by atoms with E-state index >= 15 is 0 Å². The number of hydrogen-bond donors (Lipinski definition) is 3. The summed E-state index contributed by atoms with van der Waals surface area (Å²) in [7, 11) is 1.58. The number of aromatic carboxylic acids is 1. The number of amides is 4. The van der Waals surface area contributed by atoms with Crippen molar-refractivity contribution in [2.75, 3.05) is 20.1 Å². The lowest BCUT2D eigenvalue weighted by atomic mass is 9.73. The predicted molar refractivity (Wildman–Crippen MR) is 171 cm³/mol. The number of hydrazone groups is 1. The largest absolute Gasteiger partial charge is 0.478 e. The Balaban J connectivity index is 1.60. The van der Waals surface area contributed by atoms with Crippen LogP contribution < -0.4 is 10.6 Å². The Morgan fingerprint density at radius 2 is 1.77 bits per heavy atom. The standard InChI is InChI=1S/C34H42FN5O7/c1-32(2,3)47-31(46)37-33(4,5)29(44)36-25(15-14-22-12-13-23(28(42)43)18-24(22)35)27(41)40-17-16-26-34(20-40,30(45)39(6)38-26)19-21-10-8-7-9-11-21/h7-13,18,25H,14-17,19-20H2,1-6H3,(H,36,44)(H,37,46)(H,42,43). The van der Waals surface area contributed by atoms with Gasteiger partial charge in [-0.3, -0.25) is 14.4 Å². The second-order valence-electron chi connectivity index (χ2n) is 13.6. The molecule has 0 bridgehead atoms. The summed E-state index contributed by atoms with van der Waals surface area (Å²) in [6.45, 7) is 8.24. The third-order valence-corrected chi connectivity index (χ3v) is 8.25. The fraction of sp³-hybridized carbons (Fsp3) is 0.471. The fourth-order valence-corrected chi connectivity index (χ4v) is 5.83. The number of ether oxygens (including phenoxy) is 1. The predicted octanol–water partition coefficient (Wildman–Crippen LogP) is 3.53. The highest BCUT2D eigenvalue weighted by Gasteiger charge is 2.54. The van der Waals surface area contributed by atoms with Crippen molar-refractivity contribution in [1.82, 2.24) is 20.5 Å². The highest BCUT2D eigenvalue weighted by molar-refractivity contribution is 6.13. The average Bonchev–Trinajstić information content (AvgIpc) is 3.22. The Bertz CT molecular complexity index is 1590. The molecule has 252 valence electrons. The summed E-state index contributed by atoms with van der Waals surface area (Å²) in [4.78, 5) is 66.7. The molecule has 2 aliphatic heterocycles. The number of nitrogens with zero attached hydrogens (tertiary/aromatic N) is 3. The molecule has 4 rings (SSSR count). The van der Waals surface area contributed by atoms with E-state index < -0.39 is 52.3 Å². The molecule has 1 fully saturated rings. The number of rotatable bonds is 10. The zero-order chi connectivity index (χ0) is 34.7. The number of hydrogen-bond acceptors (Lipinski definition) is 7. The maximum atomic E-state index is 14.9. The van der Waals surface area contributed by atoms with Crippen molar-refractivity contribution in [3.05, 3.63) is 71.0 Å². The number of carbonyl (C=O) groups excluding carboxylic acids is 4. The van der Waals surface area contributed by atoms with E-state index in [1.165, 1.54) is 35.9 Å². The first-order chi connectivity index (χ1) is 21.9. The number of carboxylic acids is 1. The van der Waals surface area contributed by atoms with Gasteiger partial charge in [0.1, 0.15) is 28.4 Å². The molecule has 12 nitrogen and oxygen atoms in total. The number of piperidine rings is 1. The molecule has 2 heterocycles. The number of carboxylic acid groups (broad SMARTS) is 1. The monoisotopic (exact) mass is 651 g/mol. The van der Waals surface area contributed by atoms with E-state index in [2.05, 4.69) is 15.7 Å². The topological polar surface area (TPSA) is 158 Å². The van der Waals surface area contributed by atoms with Crippen LogP contribution in [0.2, 0.25) is 0 Å². The molecule has 13 heteroatoms. The van der Waals surface area contributed by atoms with E-state index in [-0.39, 0.29) is 43.0 Å². The average molecular weight is 652 g/mol. The summed E-state index contributed by atoms with van der Waals surface area (Å²) in [6.07, 6.45) is -0.222. The zero-order valence-electron chi connectivity index (χ0n) is 27.6. The van der Waals surface area contributed by atoms with Crippen molar-refractivity contribution in [1.29, 1.82) is 0 Å². The SMILES string of the molecule is CN1N=C2CCN(C(=O)C(CCc3ccc(C(=O)O)cc3F)NC(=O)C(C)(C)NC(=O)OC(C)(C)C)CC2(Cc2ccccc2)C1=O. The van der Waals surface area contributed by atoms with Crippen LogP contribution >= 0.6 is 0 Å². The number of benzene rings is 2. The lowest BCUT2D eigenvalue weighted by Gasteiger charge is -2.41. The van der Waals surface area contributed by atoms with Crippen LogP contribution in [0.1, 0.15) is 68.9 Å². The third-order valence-electron chi connectivity index (χ3n) is 8.25. The van der Waals surface area contributed by atoms with Crippen LogP contribution in [0.4, 0.5) is 9.18 Å². The summed E-state index contributed by atoms with van der Waals surface area (Å²) < 4.78 is 20.2. The van der Waals surface area contributed by atoms with E-state index in [4.69, 9.17) is 4.74 Å². The first-order valence-corrected chi connectivity index (χ1v) is 15.4. The molecule has 47 heavy (non-hydrogen) atoms. The molecular weight excluding hydrogens is 609 g/mol. The maximum Gasteiger partial charge on any atom is 0.408 e. The fourth-order valence-electron chi connectivity index (χ4n) is 5.83. The van der Waals surface area contributed by atoms with Gasteiger partial charge in [0.15, 0.2) is 0 Å². The molecule has 0 spiro atoms. The van der Waals surface area contributed by atoms with Crippen molar-refractivity contribution < 1.29 is 38.2 Å². The lowest BCUT2D eigenvalue weighted by Crippen LogP contribution is -2.62. The second-order valence-corrected chi connectivity index (χ2v) is 13.6. The van der Waals surface area contributed by atoms with Crippen molar-refractivity contribution in [2.24, 2.45) is 10.5 Å². The van der Waals surface area contributed by atoms with Crippen LogP contribution in [0, 0.1) is 11.2 Å². The van der Waals surface area contributed by atoms with Gasteiger partial charge in [0.05, 0.1) is 11.3 Å². The molecule has 2 aromatic carbocycles. The molecule has 2 aromatic rings. The van der Waals surface area contributed by atoms with E-state index in [0.29, 0.717) is 18.6 Å². The molecule has 0 aliphatic carbocycles. The number of carbonyl (C=O) groups is 5. The number of fused-ring (bicyclic) bond motifs is 1. The number of nitrogens with one attached hydrogen (secondary N) is 2. The minimum absolute atomic E-state index is 0.0142. The van der Waals surface area contributed by atoms with Gasteiger partial charge < -0.3 is 25.4 Å². The normalized spacial score (nSPS) is 18.6. The lowest BCUT2D eigenvalue weighted by molar-refractivity contribution is -0.142. The molecule has 2 aliphatic rings. The number of likely N-dealkylation sites (tertiary alicyclic amines) is 1. The highest BCUT2D eigenvalue weighted by Crippen LogP contribution is 2.38. The van der Waals surface area contributed by atoms with Gasteiger partial charge >= 0.3 is 12.1 Å². The molecule has 3 N–H and O–H groups in total. The van der Waals surface area contributed by atoms with Gasteiger partial charge in [-0.15, -0.1) is 0 Å². The van der Waals surface area contributed by atoms with Gasteiger partial charge in [0.25, 0.3) is 5.91 Å². The van der Waals surface area contributed by atoms with E-state index in [9.17, 15) is 33.5 Å². The smallest absolute Gasteiger partial charge is 0.408 e. The van der Waals surface area contributed by atoms with Gasteiger partial charge in [-0.25, -0.2) is 19.0 Å². The van der Waals surface area contributed by atoms with Crippen LogP contribution in [-0.2, 0) is 32.0 Å². The molecule has 1 saturated heterocycles. The number of alkyl carbamates (subject to hydrolysis) is 1. The second kappa shape index (κ2) is 13.5. The summed E-state index contributed by atoms with van der Waals surface area (Å²) in [5, 5.41) is 20.3. The van der Waals surface area contributed by atoms with Gasteiger partial charge in [0.2, 0.25) is 11.8 Å². The summed E-state index contributed by atoms with van der Waals surface area (Å²) in [5.74, 6) is -3.44. The van der Waals surface area contributed by atoms with Gasteiger partial charge in [-0.2, -0.15) is 5.10 Å². The number of aryl methyl sites for hydroxylation is 1. The van der Waals surface area contributed by atoms with Crippen LogP contribution in [0.3, 0.4) is 0 Å². The van der Waals surface area contributed by atoms with E-state index in [0.717, 1.165) is 11.6 Å². The first-order valence-electron chi connectivity index (χ1n) is 15.4. The van der Waals surface area contributed by atoms with Crippen LogP contribution in [-0.4, -0.2) is 87.8 Å². The minimum Gasteiger partial charge on any atom is -0.478 e. The van der Waals surface area contributed by atoms with Crippen molar-refractivity contribution in [2.45, 2.75) is 77.5 Å². The summed E-state index contributed by atoms with van der Waals surface area (Å²) in [6, 6.07) is 11.8. The van der Waals surface area contributed by atoms with Crippen molar-refractivity contribution in [3.63, 3.8) is 0 Å². The van der Waals surface area contributed by atoms with Gasteiger partial charge in [-0.05, 0) is 77.1 Å². The van der Waals surface area contributed by atoms with Crippen molar-refractivity contribution in [3.8, 4) is 0 Å². The van der Waals surface area contributed by atoms with Crippen LogP contribution in [0.25, 0.3) is 0 Å². The first kappa shape index (κ1) is 35.1. The van der Waals surface area contributed by atoms with Crippen molar-refractivity contribution >= 4 is 35.5 Å². The Morgan fingerprint density at radius 1 is 1.09 bits per heavy atom. The Hall–Kier alpha value is -4.81. The van der Waals surface area contributed by atoms with Crippen LogP contribution in [0.5, 0.6) is 0 Å². The minimum atomic E-state index is -1.50. The summed E-state index contributed by atoms with van der Waals surface area (Å²) >= 11 is 0. The summed E-state index contributed by atoms with van der Waals surface area (Å²) in [5.41, 5.74) is -1.88.